The van der Waals surface area contributed by atoms with E-state index in [2.05, 4.69) is 0 Å². The van der Waals surface area contributed by atoms with E-state index in [9.17, 15) is 14.0 Å². The molecule has 0 amide bonds. The molecule has 0 saturated carbocycles. The summed E-state index contributed by atoms with van der Waals surface area (Å²) in [6, 6.07) is 8.38. The lowest BCUT2D eigenvalue weighted by molar-refractivity contribution is 0.0693. The van der Waals surface area contributed by atoms with E-state index in [-0.39, 0.29) is 16.8 Å². The van der Waals surface area contributed by atoms with Crippen molar-refractivity contribution < 1.29 is 14.3 Å². The van der Waals surface area contributed by atoms with Crippen LogP contribution in [-0.4, -0.2) is 15.6 Å². The van der Waals surface area contributed by atoms with Crippen LogP contribution in [0.3, 0.4) is 0 Å². The van der Waals surface area contributed by atoms with Gasteiger partial charge >= 0.3 is 5.97 Å². The summed E-state index contributed by atoms with van der Waals surface area (Å²) in [5.41, 5.74) is -0.511. The minimum Gasteiger partial charge on any atom is -0.478 e. The first-order valence-corrected chi connectivity index (χ1v) is 5.65. The summed E-state index contributed by atoms with van der Waals surface area (Å²) in [6.07, 6.45) is 0. The second-order valence-corrected chi connectivity index (χ2v) is 4.18. The second-order valence-electron chi connectivity index (χ2n) is 4.18. The third kappa shape index (κ3) is 2.03. The maximum atomic E-state index is 13.9. The minimum atomic E-state index is -1.25. The van der Waals surface area contributed by atoms with Gasteiger partial charge in [0.2, 0.25) is 0 Å². The number of halogens is 1. The van der Waals surface area contributed by atoms with E-state index >= 15 is 0 Å². The summed E-state index contributed by atoms with van der Waals surface area (Å²) < 4.78 is 15.0. The summed E-state index contributed by atoms with van der Waals surface area (Å²) in [4.78, 5) is 23.2. The molecule has 0 aliphatic carbocycles. The fourth-order valence-corrected chi connectivity index (χ4v) is 2.11. The Balaban J connectivity index is 2.90. The minimum absolute atomic E-state index is 0.137. The number of benzene rings is 1. The van der Waals surface area contributed by atoms with Gasteiger partial charge in [0.05, 0.1) is 5.56 Å². The summed E-state index contributed by atoms with van der Waals surface area (Å²) >= 11 is 0. The number of pyridine rings is 1. The van der Waals surface area contributed by atoms with Crippen molar-refractivity contribution in [2.45, 2.75) is 13.8 Å². The van der Waals surface area contributed by atoms with Crippen molar-refractivity contribution in [3.63, 3.8) is 0 Å². The number of rotatable bonds is 2. The maximum absolute atomic E-state index is 13.9. The van der Waals surface area contributed by atoms with Crippen LogP contribution in [0.4, 0.5) is 4.39 Å². The fourth-order valence-electron chi connectivity index (χ4n) is 2.11. The molecule has 0 atom stereocenters. The van der Waals surface area contributed by atoms with E-state index in [1.54, 1.807) is 30.3 Å². The molecule has 0 unspecified atom stereocenters. The molecule has 5 heteroatoms. The first kappa shape index (κ1) is 13.0. The van der Waals surface area contributed by atoms with Gasteiger partial charge in [-0.15, -0.1) is 0 Å². The lowest BCUT2D eigenvalue weighted by Gasteiger charge is -2.14. The Morgan fingerprint density at radius 2 is 1.79 bits per heavy atom. The smallest absolute Gasteiger partial charge is 0.337 e. The quantitative estimate of drug-likeness (QED) is 0.902. The first-order valence-electron chi connectivity index (χ1n) is 5.65. The molecule has 0 bridgehead atoms. The van der Waals surface area contributed by atoms with Crippen molar-refractivity contribution in [1.29, 1.82) is 0 Å². The van der Waals surface area contributed by atoms with Gasteiger partial charge in [0.25, 0.3) is 5.56 Å². The summed E-state index contributed by atoms with van der Waals surface area (Å²) in [5, 5.41) is 9.15. The molecular formula is C14H12FNO3. The molecule has 19 heavy (non-hydrogen) atoms. The van der Waals surface area contributed by atoms with Gasteiger partial charge in [0, 0.05) is 16.9 Å². The molecule has 0 fully saturated rings. The van der Waals surface area contributed by atoms with Gasteiger partial charge in [-0.05, 0) is 26.0 Å². The Labute approximate surface area is 108 Å². The SMILES string of the molecule is Cc1c(C(=O)O)c(C)n(-c2ccccc2)c(=O)c1F. The molecule has 1 N–H and O–H groups in total. The van der Waals surface area contributed by atoms with Gasteiger partial charge in [-0.2, -0.15) is 0 Å². The van der Waals surface area contributed by atoms with E-state index in [4.69, 9.17) is 5.11 Å². The van der Waals surface area contributed by atoms with Gasteiger partial charge in [-0.25, -0.2) is 9.18 Å². The number of nitrogens with zero attached hydrogens (tertiary/aromatic N) is 1. The highest BCUT2D eigenvalue weighted by atomic mass is 19.1. The molecule has 2 rings (SSSR count). The Morgan fingerprint density at radius 3 is 2.32 bits per heavy atom. The monoisotopic (exact) mass is 261 g/mol. The number of aromatic nitrogens is 1. The van der Waals surface area contributed by atoms with E-state index in [1.807, 2.05) is 0 Å². The van der Waals surface area contributed by atoms with E-state index in [0.717, 1.165) is 4.57 Å². The molecule has 4 nitrogen and oxygen atoms in total. The van der Waals surface area contributed by atoms with Gasteiger partial charge < -0.3 is 5.11 Å². The zero-order chi connectivity index (χ0) is 14.2. The molecule has 0 aliphatic rings. The summed E-state index contributed by atoms with van der Waals surface area (Å²) in [7, 11) is 0. The van der Waals surface area contributed by atoms with Crippen LogP contribution in [0.5, 0.6) is 0 Å². The third-order valence-corrected chi connectivity index (χ3v) is 3.02. The molecule has 0 saturated heterocycles. The Hall–Kier alpha value is -2.43. The maximum Gasteiger partial charge on any atom is 0.337 e. The van der Waals surface area contributed by atoms with Crippen LogP contribution in [0.1, 0.15) is 21.6 Å². The Morgan fingerprint density at radius 1 is 1.21 bits per heavy atom. The summed E-state index contributed by atoms with van der Waals surface area (Å²) in [6.45, 7) is 2.78. The highest BCUT2D eigenvalue weighted by Crippen LogP contribution is 2.17. The predicted octanol–water partition coefficient (Wildman–Crippen LogP) is 2.29. The highest BCUT2D eigenvalue weighted by molar-refractivity contribution is 5.90. The zero-order valence-corrected chi connectivity index (χ0v) is 10.5. The van der Waals surface area contributed by atoms with Crippen molar-refractivity contribution in [2.24, 2.45) is 0 Å². The van der Waals surface area contributed by atoms with Crippen molar-refractivity contribution >= 4 is 5.97 Å². The Bertz CT molecular complexity index is 705. The lowest BCUT2D eigenvalue weighted by Crippen LogP contribution is -2.28. The average molecular weight is 261 g/mol. The summed E-state index contributed by atoms with van der Waals surface area (Å²) in [5.74, 6) is -2.29. The molecule has 1 aromatic heterocycles. The van der Waals surface area contributed by atoms with Crippen molar-refractivity contribution in [2.75, 3.05) is 0 Å². The van der Waals surface area contributed by atoms with Crippen molar-refractivity contribution in [3.8, 4) is 5.69 Å². The van der Waals surface area contributed by atoms with Gasteiger partial charge in [-0.1, -0.05) is 18.2 Å². The molecular weight excluding hydrogens is 249 g/mol. The van der Waals surface area contributed by atoms with E-state index in [1.165, 1.54) is 13.8 Å². The standard InChI is InChI=1S/C14H12FNO3/c1-8-11(14(18)19)9(2)16(13(17)12(8)15)10-6-4-3-5-7-10/h3-7H,1-2H3,(H,18,19). The van der Waals surface area contributed by atoms with Crippen LogP contribution in [0.2, 0.25) is 0 Å². The molecule has 0 radical (unpaired) electrons. The molecule has 1 aromatic carbocycles. The molecule has 98 valence electrons. The Kier molecular flexibility index (Phi) is 3.21. The number of para-hydroxylation sites is 1. The van der Waals surface area contributed by atoms with Gasteiger partial charge in [0.15, 0.2) is 5.82 Å². The van der Waals surface area contributed by atoms with Crippen LogP contribution in [0, 0.1) is 19.7 Å². The molecule has 1 heterocycles. The number of carboxylic acid groups (broad SMARTS) is 1. The number of carboxylic acids is 1. The highest BCUT2D eigenvalue weighted by Gasteiger charge is 2.21. The number of hydrogen-bond acceptors (Lipinski definition) is 2. The van der Waals surface area contributed by atoms with Crippen LogP contribution in [0.25, 0.3) is 5.69 Å². The van der Waals surface area contributed by atoms with E-state index in [0.29, 0.717) is 5.69 Å². The number of hydrogen-bond donors (Lipinski definition) is 1. The third-order valence-electron chi connectivity index (χ3n) is 3.02. The van der Waals surface area contributed by atoms with Crippen LogP contribution >= 0.6 is 0 Å². The lowest BCUT2D eigenvalue weighted by atomic mass is 10.1. The number of aromatic carboxylic acids is 1. The fraction of sp³-hybridized carbons (Fsp3) is 0.143. The average Bonchev–Trinajstić information content (AvgIpc) is 2.37. The normalized spacial score (nSPS) is 10.5. The van der Waals surface area contributed by atoms with Gasteiger partial charge in [0.1, 0.15) is 0 Å². The first-order chi connectivity index (χ1) is 8.95. The van der Waals surface area contributed by atoms with Crippen molar-refractivity contribution in [1.82, 2.24) is 4.57 Å². The predicted molar refractivity (Wildman–Crippen MR) is 68.4 cm³/mol. The molecule has 0 spiro atoms. The largest absolute Gasteiger partial charge is 0.478 e. The van der Waals surface area contributed by atoms with Crippen LogP contribution in [-0.2, 0) is 0 Å². The zero-order valence-electron chi connectivity index (χ0n) is 10.5. The van der Waals surface area contributed by atoms with Gasteiger partial charge in [-0.3, -0.25) is 9.36 Å². The second kappa shape index (κ2) is 4.68. The topological polar surface area (TPSA) is 59.3 Å². The van der Waals surface area contributed by atoms with Crippen LogP contribution in [0.15, 0.2) is 35.1 Å². The number of carbonyl (C=O) groups is 1. The molecule has 0 aliphatic heterocycles. The van der Waals surface area contributed by atoms with Crippen LogP contribution < -0.4 is 5.56 Å². The molecule has 2 aromatic rings. The van der Waals surface area contributed by atoms with E-state index < -0.39 is 17.3 Å². The van der Waals surface area contributed by atoms with Crippen molar-refractivity contribution in [3.05, 3.63) is 63.3 Å².